The standard InChI is InChI=1S/C15H11BrClF3N2O/c16-10-4-5-12(17)13(7-10)21-8-9-2-1-3-11(6-9)22-14(23)15(18,19)20/h1-7,21H,8H2,(H,22,23). The zero-order chi connectivity index (χ0) is 17.0. The van der Waals surface area contributed by atoms with Crippen LogP contribution in [0.1, 0.15) is 5.56 Å². The second-order valence-corrected chi connectivity index (χ2v) is 5.95. The lowest BCUT2D eigenvalue weighted by atomic mass is 10.2. The number of hydrogen-bond donors (Lipinski definition) is 2. The van der Waals surface area contributed by atoms with Crippen LogP contribution in [0.3, 0.4) is 0 Å². The molecular weight excluding hydrogens is 397 g/mol. The first-order valence-corrected chi connectivity index (χ1v) is 7.59. The SMILES string of the molecule is O=C(Nc1cccc(CNc2cc(Br)ccc2Cl)c1)C(F)(F)F. The van der Waals surface area contributed by atoms with Crippen LogP contribution in [0.5, 0.6) is 0 Å². The predicted octanol–water partition coefficient (Wildman–Crippen LogP) is 5.22. The monoisotopic (exact) mass is 406 g/mol. The van der Waals surface area contributed by atoms with Crippen molar-refractivity contribution in [3.8, 4) is 0 Å². The molecule has 23 heavy (non-hydrogen) atoms. The molecule has 2 N–H and O–H groups in total. The minimum Gasteiger partial charge on any atom is -0.380 e. The molecule has 0 spiro atoms. The largest absolute Gasteiger partial charge is 0.471 e. The maximum absolute atomic E-state index is 12.2. The average Bonchev–Trinajstić information content (AvgIpc) is 2.47. The molecule has 0 saturated heterocycles. The van der Waals surface area contributed by atoms with Crippen molar-refractivity contribution < 1.29 is 18.0 Å². The van der Waals surface area contributed by atoms with Gasteiger partial charge in [-0.25, -0.2) is 0 Å². The smallest absolute Gasteiger partial charge is 0.380 e. The Hall–Kier alpha value is -1.73. The maximum Gasteiger partial charge on any atom is 0.471 e. The van der Waals surface area contributed by atoms with Crippen molar-refractivity contribution >= 4 is 44.8 Å². The van der Waals surface area contributed by atoms with Gasteiger partial charge in [-0.2, -0.15) is 13.2 Å². The van der Waals surface area contributed by atoms with Crippen LogP contribution in [-0.4, -0.2) is 12.1 Å². The third kappa shape index (κ3) is 5.14. The van der Waals surface area contributed by atoms with Crippen molar-refractivity contribution in [3.05, 3.63) is 57.5 Å². The van der Waals surface area contributed by atoms with Gasteiger partial charge in [0.15, 0.2) is 0 Å². The van der Waals surface area contributed by atoms with E-state index < -0.39 is 12.1 Å². The van der Waals surface area contributed by atoms with Crippen LogP contribution in [0.25, 0.3) is 0 Å². The number of carbonyl (C=O) groups is 1. The zero-order valence-corrected chi connectivity index (χ0v) is 13.9. The lowest BCUT2D eigenvalue weighted by Gasteiger charge is -2.11. The van der Waals surface area contributed by atoms with Gasteiger partial charge in [0.2, 0.25) is 0 Å². The molecule has 0 unspecified atom stereocenters. The van der Waals surface area contributed by atoms with E-state index in [-0.39, 0.29) is 5.69 Å². The average molecular weight is 408 g/mol. The van der Waals surface area contributed by atoms with E-state index in [0.29, 0.717) is 22.8 Å². The van der Waals surface area contributed by atoms with Crippen molar-refractivity contribution in [2.45, 2.75) is 12.7 Å². The van der Waals surface area contributed by atoms with E-state index in [1.165, 1.54) is 12.1 Å². The Morgan fingerprint density at radius 2 is 1.91 bits per heavy atom. The molecular formula is C15H11BrClF3N2O. The number of benzene rings is 2. The highest BCUT2D eigenvalue weighted by Gasteiger charge is 2.38. The van der Waals surface area contributed by atoms with E-state index in [2.05, 4.69) is 21.2 Å². The molecule has 3 nitrogen and oxygen atoms in total. The fourth-order valence-electron chi connectivity index (χ4n) is 1.79. The Bertz CT molecular complexity index is 722. The summed E-state index contributed by atoms with van der Waals surface area (Å²) < 4.78 is 37.6. The molecule has 0 fully saturated rings. The lowest BCUT2D eigenvalue weighted by molar-refractivity contribution is -0.167. The van der Waals surface area contributed by atoms with E-state index in [1.807, 2.05) is 5.32 Å². The number of rotatable bonds is 4. The summed E-state index contributed by atoms with van der Waals surface area (Å²) in [6.45, 7) is 0.339. The first-order valence-electron chi connectivity index (χ1n) is 6.42. The molecule has 0 aliphatic rings. The molecule has 2 aromatic carbocycles. The van der Waals surface area contributed by atoms with Gasteiger partial charge in [-0.15, -0.1) is 0 Å². The molecule has 0 radical (unpaired) electrons. The molecule has 0 atom stereocenters. The van der Waals surface area contributed by atoms with Crippen LogP contribution in [0.15, 0.2) is 46.9 Å². The summed E-state index contributed by atoms with van der Waals surface area (Å²) in [6.07, 6.45) is -4.92. The number of alkyl halides is 3. The van der Waals surface area contributed by atoms with Gasteiger partial charge >= 0.3 is 12.1 Å². The lowest BCUT2D eigenvalue weighted by Crippen LogP contribution is -2.29. The molecule has 8 heteroatoms. The zero-order valence-electron chi connectivity index (χ0n) is 11.5. The Morgan fingerprint density at radius 3 is 2.61 bits per heavy atom. The minimum atomic E-state index is -4.92. The summed E-state index contributed by atoms with van der Waals surface area (Å²) in [5.74, 6) is -2.00. The molecule has 0 bridgehead atoms. The van der Waals surface area contributed by atoms with Gasteiger partial charge in [0.1, 0.15) is 0 Å². The normalized spacial score (nSPS) is 11.2. The van der Waals surface area contributed by atoms with Crippen molar-refractivity contribution in [2.75, 3.05) is 10.6 Å². The summed E-state index contributed by atoms with van der Waals surface area (Å²) >= 11 is 9.37. The van der Waals surface area contributed by atoms with Crippen molar-refractivity contribution in [2.24, 2.45) is 0 Å². The Balaban J connectivity index is 2.05. The van der Waals surface area contributed by atoms with Crippen LogP contribution >= 0.6 is 27.5 Å². The first-order chi connectivity index (χ1) is 10.8. The highest BCUT2D eigenvalue weighted by Crippen LogP contribution is 2.26. The fourth-order valence-corrected chi connectivity index (χ4v) is 2.34. The number of amides is 1. The molecule has 2 rings (SSSR count). The molecule has 2 aromatic rings. The summed E-state index contributed by atoms with van der Waals surface area (Å²) in [5, 5.41) is 5.42. The predicted molar refractivity (Wildman–Crippen MR) is 87.6 cm³/mol. The van der Waals surface area contributed by atoms with Gasteiger partial charge in [-0.05, 0) is 35.9 Å². The van der Waals surface area contributed by atoms with Gasteiger partial charge < -0.3 is 10.6 Å². The molecule has 0 aromatic heterocycles. The van der Waals surface area contributed by atoms with Crippen LogP contribution in [-0.2, 0) is 11.3 Å². The van der Waals surface area contributed by atoms with Crippen molar-refractivity contribution in [1.82, 2.24) is 0 Å². The summed E-state index contributed by atoms with van der Waals surface area (Å²) in [7, 11) is 0. The second kappa shape index (κ2) is 7.23. The van der Waals surface area contributed by atoms with Crippen LogP contribution in [0.4, 0.5) is 24.5 Å². The van der Waals surface area contributed by atoms with Gasteiger partial charge in [-0.1, -0.05) is 39.7 Å². The molecule has 1 amide bonds. The van der Waals surface area contributed by atoms with Gasteiger partial charge in [0.05, 0.1) is 10.7 Å². The molecule has 0 saturated carbocycles. The van der Waals surface area contributed by atoms with E-state index in [0.717, 1.165) is 4.47 Å². The van der Waals surface area contributed by atoms with E-state index in [1.54, 1.807) is 30.3 Å². The number of carbonyl (C=O) groups excluding carboxylic acids is 1. The first kappa shape index (κ1) is 17.6. The molecule has 0 aliphatic carbocycles. The Labute approximate surface area is 144 Å². The van der Waals surface area contributed by atoms with Crippen LogP contribution in [0.2, 0.25) is 5.02 Å². The number of nitrogens with one attached hydrogen (secondary N) is 2. The molecule has 122 valence electrons. The van der Waals surface area contributed by atoms with Crippen molar-refractivity contribution in [3.63, 3.8) is 0 Å². The third-order valence-electron chi connectivity index (χ3n) is 2.85. The van der Waals surface area contributed by atoms with E-state index in [9.17, 15) is 18.0 Å². The quantitative estimate of drug-likeness (QED) is 0.730. The highest BCUT2D eigenvalue weighted by atomic mass is 79.9. The van der Waals surface area contributed by atoms with E-state index in [4.69, 9.17) is 11.6 Å². The number of anilines is 2. The Morgan fingerprint density at radius 1 is 1.17 bits per heavy atom. The van der Waals surface area contributed by atoms with Crippen LogP contribution in [0, 0.1) is 0 Å². The number of halogens is 5. The summed E-state index contributed by atoms with van der Waals surface area (Å²) in [4.78, 5) is 10.9. The topological polar surface area (TPSA) is 41.1 Å². The third-order valence-corrected chi connectivity index (χ3v) is 3.68. The summed E-state index contributed by atoms with van der Waals surface area (Å²) in [6, 6.07) is 11.4. The van der Waals surface area contributed by atoms with E-state index >= 15 is 0 Å². The number of hydrogen-bond acceptors (Lipinski definition) is 2. The Kier molecular flexibility index (Phi) is 5.54. The van der Waals surface area contributed by atoms with Gasteiger partial charge in [-0.3, -0.25) is 4.79 Å². The summed E-state index contributed by atoms with van der Waals surface area (Å²) in [5.41, 5.74) is 1.46. The van der Waals surface area contributed by atoms with Crippen molar-refractivity contribution in [1.29, 1.82) is 0 Å². The van der Waals surface area contributed by atoms with Gasteiger partial charge in [0.25, 0.3) is 0 Å². The molecule has 0 heterocycles. The van der Waals surface area contributed by atoms with Gasteiger partial charge in [0, 0.05) is 16.7 Å². The molecule has 0 aliphatic heterocycles. The second-order valence-electron chi connectivity index (χ2n) is 4.63. The minimum absolute atomic E-state index is 0.0759. The van der Waals surface area contributed by atoms with Crippen LogP contribution < -0.4 is 10.6 Å². The fraction of sp³-hybridized carbons (Fsp3) is 0.133. The maximum atomic E-state index is 12.2. The highest BCUT2D eigenvalue weighted by molar-refractivity contribution is 9.10.